The topological polar surface area (TPSA) is 25.8 Å². The molecule has 0 N–H and O–H groups in total. The zero-order valence-electron chi connectivity index (χ0n) is 12.2. The van der Waals surface area contributed by atoms with Crippen LogP contribution in [0.3, 0.4) is 0 Å². The zero-order chi connectivity index (χ0) is 18.2. The summed E-state index contributed by atoms with van der Waals surface area (Å²) in [6.07, 6.45) is -6.90. The molecule has 2 heterocycles. The van der Waals surface area contributed by atoms with E-state index in [1.54, 1.807) is 6.07 Å². The molecule has 2 nitrogen and oxygen atoms in total. The molecule has 0 saturated carbocycles. The van der Waals surface area contributed by atoms with E-state index in [0.717, 1.165) is 30.0 Å². The maximum atomic E-state index is 12.8. The largest absolute Gasteiger partial charge is 0.417 e. The highest BCUT2D eigenvalue weighted by molar-refractivity contribution is 7.99. The van der Waals surface area contributed by atoms with Crippen LogP contribution in [0.2, 0.25) is 0 Å². The van der Waals surface area contributed by atoms with Crippen LogP contribution in [-0.4, -0.2) is 9.97 Å². The fourth-order valence-corrected chi connectivity index (χ4v) is 2.99. The van der Waals surface area contributed by atoms with E-state index >= 15 is 0 Å². The summed E-state index contributed by atoms with van der Waals surface area (Å²) in [6, 6.07) is 6.84. The number of aromatic nitrogens is 2. The van der Waals surface area contributed by atoms with Crippen LogP contribution in [0.4, 0.5) is 26.3 Å². The number of hydrogen-bond donors (Lipinski definition) is 0. The van der Waals surface area contributed by atoms with Gasteiger partial charge in [0.15, 0.2) is 0 Å². The van der Waals surface area contributed by atoms with E-state index in [-0.39, 0.29) is 5.52 Å². The van der Waals surface area contributed by atoms with Crippen molar-refractivity contribution >= 4 is 22.7 Å². The maximum absolute atomic E-state index is 12.8. The van der Waals surface area contributed by atoms with Gasteiger partial charge in [-0.1, -0.05) is 17.8 Å². The molecule has 130 valence electrons. The van der Waals surface area contributed by atoms with Gasteiger partial charge in [0.2, 0.25) is 0 Å². The van der Waals surface area contributed by atoms with Gasteiger partial charge in [-0.3, -0.25) is 4.98 Å². The Hall–Kier alpha value is -2.29. The van der Waals surface area contributed by atoms with Gasteiger partial charge in [-0.05, 0) is 30.3 Å². The second kappa shape index (κ2) is 6.21. The summed E-state index contributed by atoms with van der Waals surface area (Å²) in [4.78, 5) is 8.22. The Morgan fingerprint density at radius 3 is 2.04 bits per heavy atom. The Morgan fingerprint density at radius 2 is 1.44 bits per heavy atom. The number of nitrogens with zero attached hydrogens (tertiary/aromatic N) is 2. The second-order valence-electron chi connectivity index (χ2n) is 5.02. The molecule has 0 fully saturated rings. The molecule has 2 aromatic heterocycles. The summed E-state index contributed by atoms with van der Waals surface area (Å²) < 4.78 is 75.9. The van der Waals surface area contributed by atoms with E-state index in [4.69, 9.17) is 0 Å². The molecule has 1 aromatic carbocycles. The number of pyridine rings is 2. The molecular formula is C16H8F6N2S. The monoisotopic (exact) mass is 374 g/mol. The summed E-state index contributed by atoms with van der Waals surface area (Å²) in [7, 11) is 0. The quantitative estimate of drug-likeness (QED) is 0.529. The Bertz CT molecular complexity index is 903. The standard InChI is InChI=1S/C16H8F6N2S/c17-15(18,19)9-1-3-11-12(7-9)23-6-5-13(11)25-14-4-2-10(8-24-14)16(20,21)22/h1-8H. The molecule has 0 aliphatic carbocycles. The average molecular weight is 374 g/mol. The van der Waals surface area contributed by atoms with Gasteiger partial charge in [0.05, 0.1) is 16.6 Å². The third-order valence-electron chi connectivity index (χ3n) is 3.31. The van der Waals surface area contributed by atoms with Crippen molar-refractivity contribution in [2.75, 3.05) is 0 Å². The summed E-state index contributed by atoms with van der Waals surface area (Å²) in [5, 5.41) is 0.752. The highest BCUT2D eigenvalue weighted by Crippen LogP contribution is 2.36. The van der Waals surface area contributed by atoms with Crippen molar-refractivity contribution in [2.45, 2.75) is 22.3 Å². The molecule has 3 rings (SSSR count). The number of hydrogen-bond acceptors (Lipinski definition) is 3. The third kappa shape index (κ3) is 3.87. The van der Waals surface area contributed by atoms with Gasteiger partial charge >= 0.3 is 12.4 Å². The lowest BCUT2D eigenvalue weighted by Gasteiger charge is -2.10. The van der Waals surface area contributed by atoms with E-state index in [1.807, 2.05) is 0 Å². The van der Waals surface area contributed by atoms with E-state index in [2.05, 4.69) is 9.97 Å². The smallest absolute Gasteiger partial charge is 0.256 e. The number of rotatable bonds is 2. The Morgan fingerprint density at radius 1 is 0.760 bits per heavy atom. The van der Waals surface area contributed by atoms with Gasteiger partial charge in [0.25, 0.3) is 0 Å². The lowest BCUT2D eigenvalue weighted by atomic mass is 10.1. The SMILES string of the molecule is FC(F)(F)c1ccc(Sc2ccnc3cc(C(F)(F)F)ccc23)nc1. The molecule has 0 bridgehead atoms. The first-order valence-corrected chi connectivity index (χ1v) is 7.63. The molecule has 0 saturated heterocycles. The van der Waals surface area contributed by atoms with E-state index in [1.165, 1.54) is 18.3 Å². The van der Waals surface area contributed by atoms with Gasteiger partial charge in [0.1, 0.15) is 5.03 Å². The van der Waals surface area contributed by atoms with Crippen molar-refractivity contribution in [1.82, 2.24) is 9.97 Å². The fourth-order valence-electron chi connectivity index (χ4n) is 2.11. The van der Waals surface area contributed by atoms with Crippen LogP contribution in [0.25, 0.3) is 10.9 Å². The molecule has 0 unspecified atom stereocenters. The lowest BCUT2D eigenvalue weighted by molar-refractivity contribution is -0.138. The molecule has 0 aliphatic rings. The van der Waals surface area contributed by atoms with Crippen LogP contribution in [0, 0.1) is 0 Å². The van der Waals surface area contributed by atoms with Gasteiger partial charge in [-0.25, -0.2) is 4.98 Å². The summed E-state index contributed by atoms with van der Waals surface area (Å²) >= 11 is 1.05. The van der Waals surface area contributed by atoms with E-state index in [9.17, 15) is 26.3 Å². The Kier molecular flexibility index (Phi) is 4.36. The average Bonchev–Trinajstić information content (AvgIpc) is 2.53. The van der Waals surface area contributed by atoms with Crippen molar-refractivity contribution < 1.29 is 26.3 Å². The highest BCUT2D eigenvalue weighted by atomic mass is 32.2. The van der Waals surface area contributed by atoms with Gasteiger partial charge in [-0.2, -0.15) is 26.3 Å². The van der Waals surface area contributed by atoms with Crippen molar-refractivity contribution in [2.24, 2.45) is 0 Å². The number of halogens is 6. The number of benzene rings is 1. The zero-order valence-corrected chi connectivity index (χ0v) is 13.0. The lowest BCUT2D eigenvalue weighted by Crippen LogP contribution is -2.05. The molecule has 9 heteroatoms. The van der Waals surface area contributed by atoms with Crippen LogP contribution >= 0.6 is 11.8 Å². The van der Waals surface area contributed by atoms with Gasteiger partial charge in [-0.15, -0.1) is 0 Å². The fraction of sp³-hybridized carbons (Fsp3) is 0.125. The van der Waals surface area contributed by atoms with Crippen molar-refractivity contribution in [3.05, 3.63) is 59.9 Å². The van der Waals surface area contributed by atoms with Crippen molar-refractivity contribution in [3.63, 3.8) is 0 Å². The molecule has 0 aliphatic heterocycles. The minimum Gasteiger partial charge on any atom is -0.256 e. The predicted octanol–water partition coefficient (Wildman–Crippen LogP) is 5.82. The number of alkyl halides is 6. The molecule has 0 spiro atoms. The Labute approximate surface area is 141 Å². The number of fused-ring (bicyclic) bond motifs is 1. The van der Waals surface area contributed by atoms with Crippen molar-refractivity contribution in [1.29, 1.82) is 0 Å². The molecular weight excluding hydrogens is 366 g/mol. The summed E-state index contributed by atoms with van der Waals surface area (Å²) in [5.74, 6) is 0. The molecule has 0 amide bonds. The Balaban J connectivity index is 1.94. The molecule has 25 heavy (non-hydrogen) atoms. The van der Waals surface area contributed by atoms with Crippen LogP contribution in [0.1, 0.15) is 11.1 Å². The molecule has 3 aromatic rings. The third-order valence-corrected chi connectivity index (χ3v) is 4.33. The first-order chi connectivity index (χ1) is 11.6. The second-order valence-corrected chi connectivity index (χ2v) is 6.09. The normalized spacial score (nSPS) is 12.6. The van der Waals surface area contributed by atoms with Crippen LogP contribution in [-0.2, 0) is 12.4 Å². The summed E-state index contributed by atoms with van der Waals surface area (Å²) in [6.45, 7) is 0. The van der Waals surface area contributed by atoms with Crippen LogP contribution < -0.4 is 0 Å². The highest BCUT2D eigenvalue weighted by Gasteiger charge is 2.31. The maximum Gasteiger partial charge on any atom is 0.417 e. The first-order valence-electron chi connectivity index (χ1n) is 6.82. The van der Waals surface area contributed by atoms with Gasteiger partial charge in [0, 0.05) is 22.7 Å². The first kappa shape index (κ1) is 17.5. The van der Waals surface area contributed by atoms with Crippen LogP contribution in [0.5, 0.6) is 0 Å². The van der Waals surface area contributed by atoms with E-state index in [0.29, 0.717) is 21.5 Å². The predicted molar refractivity (Wildman–Crippen MR) is 80.1 cm³/mol. The summed E-state index contributed by atoms with van der Waals surface area (Å²) in [5.41, 5.74) is -1.54. The minimum atomic E-state index is -4.48. The van der Waals surface area contributed by atoms with E-state index < -0.39 is 23.5 Å². The van der Waals surface area contributed by atoms with Crippen LogP contribution in [0.15, 0.2) is 58.7 Å². The van der Waals surface area contributed by atoms with Gasteiger partial charge < -0.3 is 0 Å². The van der Waals surface area contributed by atoms with Crippen molar-refractivity contribution in [3.8, 4) is 0 Å². The molecule has 0 atom stereocenters. The molecule has 0 radical (unpaired) electrons. The minimum absolute atomic E-state index is 0.145.